The molecule has 0 radical (unpaired) electrons. The van der Waals surface area contributed by atoms with Gasteiger partial charge in [-0.1, -0.05) is 80.7 Å². The van der Waals surface area contributed by atoms with Crippen molar-refractivity contribution >= 4 is 5.78 Å². The molecule has 1 aliphatic carbocycles. The summed E-state index contributed by atoms with van der Waals surface area (Å²) < 4.78 is 0. The second-order valence-electron chi connectivity index (χ2n) is 7.54. The minimum atomic E-state index is -0.931. The van der Waals surface area contributed by atoms with Gasteiger partial charge in [0.2, 0.25) is 0 Å². The van der Waals surface area contributed by atoms with Crippen molar-refractivity contribution in [2.45, 2.75) is 88.9 Å². The lowest BCUT2D eigenvalue weighted by Crippen LogP contribution is -2.26. The van der Waals surface area contributed by atoms with Crippen LogP contribution >= 0.6 is 0 Å². The molecule has 152 valence electrons. The topological polar surface area (TPSA) is 77.8 Å². The van der Waals surface area contributed by atoms with Crippen molar-refractivity contribution in [2.75, 3.05) is 0 Å². The number of hydrogen-bond donors (Lipinski definition) is 3. The highest BCUT2D eigenvalue weighted by atomic mass is 16.3. The van der Waals surface area contributed by atoms with Crippen molar-refractivity contribution in [3.63, 3.8) is 0 Å². The van der Waals surface area contributed by atoms with Crippen molar-refractivity contribution in [3.05, 3.63) is 48.6 Å². The number of allylic oxidation sites excluding steroid dienone is 6. The first-order valence-corrected chi connectivity index (χ1v) is 10.2. The largest absolute Gasteiger partial charge is 0.390 e. The Labute approximate surface area is 164 Å². The van der Waals surface area contributed by atoms with E-state index in [4.69, 9.17) is 0 Å². The molecule has 0 heterocycles. The quantitative estimate of drug-likeness (QED) is 0.500. The summed E-state index contributed by atoms with van der Waals surface area (Å²) in [7, 11) is 0. The zero-order valence-electron chi connectivity index (χ0n) is 16.6. The van der Waals surface area contributed by atoms with Gasteiger partial charge in [0.05, 0.1) is 17.8 Å². The first kappa shape index (κ1) is 23.5. The molecule has 0 bridgehead atoms. The molecule has 4 heteroatoms. The molecule has 1 saturated carbocycles. The molecule has 3 N–H and O–H groups in total. The third-order valence-electron chi connectivity index (χ3n) is 4.91. The van der Waals surface area contributed by atoms with E-state index in [1.165, 1.54) is 32.3 Å². The van der Waals surface area contributed by atoms with Crippen LogP contribution in [-0.4, -0.2) is 38.9 Å². The lowest BCUT2D eigenvalue weighted by Gasteiger charge is -2.26. The fourth-order valence-electron chi connectivity index (χ4n) is 3.21. The van der Waals surface area contributed by atoms with E-state index < -0.39 is 17.8 Å². The Morgan fingerprint density at radius 3 is 2.11 bits per heavy atom. The Balaban J connectivity index is 2.31. The van der Waals surface area contributed by atoms with Crippen molar-refractivity contribution < 1.29 is 20.1 Å². The van der Waals surface area contributed by atoms with Crippen LogP contribution in [0.3, 0.4) is 0 Å². The molecule has 1 fully saturated rings. The van der Waals surface area contributed by atoms with Crippen LogP contribution in [0.1, 0.15) is 71.1 Å². The van der Waals surface area contributed by atoms with Gasteiger partial charge in [-0.05, 0) is 32.6 Å². The molecule has 0 aromatic carbocycles. The fourth-order valence-corrected chi connectivity index (χ4v) is 3.21. The van der Waals surface area contributed by atoms with E-state index in [2.05, 4.69) is 0 Å². The van der Waals surface area contributed by atoms with Crippen LogP contribution in [0.15, 0.2) is 48.6 Å². The lowest BCUT2D eigenvalue weighted by atomic mass is 9.87. The van der Waals surface area contributed by atoms with E-state index in [9.17, 15) is 20.1 Å². The van der Waals surface area contributed by atoms with Gasteiger partial charge >= 0.3 is 0 Å². The minimum absolute atomic E-state index is 0.0951. The Hall–Kier alpha value is -1.49. The maximum absolute atomic E-state index is 10.9. The Morgan fingerprint density at radius 1 is 0.926 bits per heavy atom. The van der Waals surface area contributed by atoms with Crippen LogP contribution in [0.4, 0.5) is 0 Å². The molecular weight excluding hydrogens is 340 g/mol. The molecule has 0 amide bonds. The van der Waals surface area contributed by atoms with Crippen molar-refractivity contribution in [1.29, 1.82) is 0 Å². The molecule has 1 rings (SSSR count). The van der Waals surface area contributed by atoms with Crippen molar-refractivity contribution in [2.24, 2.45) is 0 Å². The highest BCUT2D eigenvalue weighted by Crippen LogP contribution is 2.27. The number of aliphatic hydroxyl groups is 3. The monoisotopic (exact) mass is 376 g/mol. The lowest BCUT2D eigenvalue weighted by molar-refractivity contribution is -0.117. The maximum atomic E-state index is 10.9. The van der Waals surface area contributed by atoms with Gasteiger partial charge in [-0.15, -0.1) is 0 Å². The molecule has 0 spiro atoms. The van der Waals surface area contributed by atoms with E-state index in [0.717, 1.165) is 25.7 Å². The molecule has 0 saturated heterocycles. The molecule has 2 unspecified atom stereocenters. The van der Waals surface area contributed by atoms with Gasteiger partial charge in [0, 0.05) is 6.42 Å². The highest BCUT2D eigenvalue weighted by Gasteiger charge is 2.23. The first-order chi connectivity index (χ1) is 12.9. The van der Waals surface area contributed by atoms with E-state index in [0.29, 0.717) is 19.3 Å². The second-order valence-corrected chi connectivity index (χ2v) is 7.54. The summed E-state index contributed by atoms with van der Waals surface area (Å²) in [6.07, 6.45) is 21.5. The van der Waals surface area contributed by atoms with Gasteiger partial charge in [-0.2, -0.15) is 0 Å². The van der Waals surface area contributed by atoms with E-state index in [1.54, 1.807) is 12.2 Å². The summed E-state index contributed by atoms with van der Waals surface area (Å²) in [6.45, 7) is 1.52. The van der Waals surface area contributed by atoms with E-state index in [1.807, 2.05) is 30.4 Å². The SMILES string of the molecule is CC(=O)CCCC(O)C(O)/C=C/C=C/C=C/C=C/C1(O)CCCCCCC1. The number of ketones is 1. The van der Waals surface area contributed by atoms with Crippen LogP contribution in [0.2, 0.25) is 0 Å². The number of rotatable bonds is 10. The molecule has 1 aliphatic rings. The van der Waals surface area contributed by atoms with Gasteiger partial charge in [0.25, 0.3) is 0 Å². The first-order valence-electron chi connectivity index (χ1n) is 10.2. The zero-order valence-corrected chi connectivity index (χ0v) is 16.6. The summed E-state index contributed by atoms with van der Waals surface area (Å²) in [4.78, 5) is 10.9. The maximum Gasteiger partial charge on any atom is 0.129 e. The van der Waals surface area contributed by atoms with Crippen LogP contribution < -0.4 is 0 Å². The second kappa shape index (κ2) is 13.6. The molecule has 27 heavy (non-hydrogen) atoms. The summed E-state index contributed by atoms with van der Waals surface area (Å²) in [5.74, 6) is 0.0951. The Bertz CT molecular complexity index is 522. The third-order valence-corrected chi connectivity index (χ3v) is 4.91. The predicted molar refractivity (Wildman–Crippen MR) is 110 cm³/mol. The smallest absolute Gasteiger partial charge is 0.129 e. The molecule has 4 nitrogen and oxygen atoms in total. The van der Waals surface area contributed by atoms with Crippen molar-refractivity contribution in [3.8, 4) is 0 Å². The predicted octanol–water partition coefficient (Wildman–Crippen LogP) is 4.17. The zero-order chi connectivity index (χ0) is 20.0. The van der Waals surface area contributed by atoms with E-state index in [-0.39, 0.29) is 5.78 Å². The normalized spacial score (nSPS) is 21.0. The van der Waals surface area contributed by atoms with Crippen LogP contribution in [0, 0.1) is 0 Å². The van der Waals surface area contributed by atoms with Gasteiger partial charge in [0.1, 0.15) is 5.78 Å². The average Bonchev–Trinajstić information content (AvgIpc) is 2.60. The highest BCUT2D eigenvalue weighted by molar-refractivity contribution is 5.75. The number of Topliss-reactive ketones (excluding diaryl/α,β-unsaturated/α-hetero) is 1. The molecular formula is C23H36O4. The van der Waals surface area contributed by atoms with Gasteiger partial charge < -0.3 is 20.1 Å². The third kappa shape index (κ3) is 11.8. The number of hydrogen-bond acceptors (Lipinski definition) is 4. The summed E-state index contributed by atoms with van der Waals surface area (Å²) in [6, 6.07) is 0. The Morgan fingerprint density at radius 2 is 1.48 bits per heavy atom. The number of carbonyl (C=O) groups is 1. The standard InChI is InChI=1S/C23H36O4/c1-20(24)14-13-16-22(26)21(25)15-9-5-2-3-6-10-17-23(27)18-11-7-4-8-12-19-23/h2-3,5-6,9-10,15,17,21-22,25-27H,4,7-8,11-14,16,18-19H2,1H3/b5-2+,6-3+,15-9+,17-10+. The minimum Gasteiger partial charge on any atom is -0.390 e. The molecule has 2 atom stereocenters. The fraction of sp³-hybridized carbons (Fsp3) is 0.609. The molecule has 0 aromatic rings. The summed E-state index contributed by atoms with van der Waals surface area (Å²) >= 11 is 0. The van der Waals surface area contributed by atoms with E-state index >= 15 is 0 Å². The van der Waals surface area contributed by atoms with Gasteiger partial charge in [-0.3, -0.25) is 0 Å². The average molecular weight is 377 g/mol. The van der Waals surface area contributed by atoms with Crippen LogP contribution in [0.25, 0.3) is 0 Å². The molecule has 0 aromatic heterocycles. The van der Waals surface area contributed by atoms with Gasteiger partial charge in [-0.25, -0.2) is 0 Å². The number of aliphatic hydroxyl groups excluding tert-OH is 2. The summed E-state index contributed by atoms with van der Waals surface area (Å²) in [5.41, 5.74) is -0.670. The van der Waals surface area contributed by atoms with Gasteiger partial charge in [0.15, 0.2) is 0 Å². The number of carbonyl (C=O) groups excluding carboxylic acids is 1. The van der Waals surface area contributed by atoms with Crippen molar-refractivity contribution in [1.82, 2.24) is 0 Å². The van der Waals surface area contributed by atoms with Crippen LogP contribution in [0.5, 0.6) is 0 Å². The summed E-state index contributed by atoms with van der Waals surface area (Å²) in [5, 5.41) is 30.2. The van der Waals surface area contributed by atoms with Crippen LogP contribution in [-0.2, 0) is 4.79 Å². The molecule has 0 aliphatic heterocycles. The Kier molecular flexibility index (Phi) is 11.9.